The fourth-order valence-corrected chi connectivity index (χ4v) is 0.991. The van der Waals surface area contributed by atoms with Crippen LogP contribution >= 0.6 is 12.2 Å². The van der Waals surface area contributed by atoms with Crippen molar-refractivity contribution in [3.05, 3.63) is 37.0 Å². The molecule has 0 aliphatic carbocycles. The van der Waals surface area contributed by atoms with E-state index in [0.717, 1.165) is 0 Å². The van der Waals surface area contributed by atoms with Gasteiger partial charge in [-0.2, -0.15) is 0 Å². The van der Waals surface area contributed by atoms with Gasteiger partial charge >= 0.3 is 0 Å². The smallest absolute Gasteiger partial charge is 0.238 e. The third-order valence-electron chi connectivity index (χ3n) is 1.42. The number of nitrogens with one attached hydrogen (secondary N) is 3. The maximum Gasteiger partial charge on any atom is 0.238 e. The Labute approximate surface area is 91.8 Å². The molecule has 1 radical (unpaired) electrons. The zero-order valence-electron chi connectivity index (χ0n) is 7.71. The normalized spacial score (nSPS) is 9.20. The molecule has 0 atom stereocenters. The molecule has 0 spiro atoms. The molecule has 0 saturated carbocycles. The number of amides is 1. The second-order valence-electron chi connectivity index (χ2n) is 2.63. The zero-order valence-corrected chi connectivity index (χ0v) is 8.53. The molecule has 0 aromatic heterocycles. The lowest BCUT2D eigenvalue weighted by Gasteiger charge is -2.09. The lowest BCUT2D eigenvalue weighted by Crippen LogP contribution is -2.42. The van der Waals surface area contributed by atoms with Gasteiger partial charge in [-0.15, -0.1) is 0 Å². The van der Waals surface area contributed by atoms with E-state index in [2.05, 4.69) is 23.1 Å². The van der Waals surface area contributed by atoms with Crippen LogP contribution in [-0.4, -0.2) is 11.0 Å². The third-order valence-corrected chi connectivity index (χ3v) is 1.62. The van der Waals surface area contributed by atoms with Gasteiger partial charge in [0, 0.05) is 12.6 Å². The summed E-state index contributed by atoms with van der Waals surface area (Å²) in [6, 6.07) is 5.64. The molecule has 3 N–H and O–H groups in total. The molecule has 1 aromatic rings. The Balaban J connectivity index is 2.44. The summed E-state index contributed by atoms with van der Waals surface area (Å²) in [6.07, 6.45) is 0. The molecular formula is C9H9FN3OS. The molecule has 1 aromatic carbocycles. The Kier molecular flexibility index (Phi) is 3.99. The molecule has 0 aliphatic rings. The van der Waals surface area contributed by atoms with Gasteiger partial charge in [0.25, 0.3) is 0 Å². The summed E-state index contributed by atoms with van der Waals surface area (Å²) in [5.41, 5.74) is 5.23. The van der Waals surface area contributed by atoms with E-state index >= 15 is 0 Å². The lowest BCUT2D eigenvalue weighted by molar-refractivity contribution is -0.117. The van der Waals surface area contributed by atoms with Crippen molar-refractivity contribution in [2.75, 3.05) is 5.32 Å². The van der Waals surface area contributed by atoms with Crippen LogP contribution in [0.2, 0.25) is 0 Å². The van der Waals surface area contributed by atoms with Crippen molar-refractivity contribution in [1.29, 1.82) is 0 Å². The highest BCUT2D eigenvalue weighted by atomic mass is 32.1. The summed E-state index contributed by atoms with van der Waals surface area (Å²) in [6.45, 7) is 3.08. The average molecular weight is 226 g/mol. The van der Waals surface area contributed by atoms with E-state index in [0.29, 0.717) is 5.69 Å². The highest BCUT2D eigenvalue weighted by molar-refractivity contribution is 7.80. The minimum absolute atomic E-state index is 0.193. The first-order chi connectivity index (χ1) is 7.08. The molecule has 0 bridgehead atoms. The summed E-state index contributed by atoms with van der Waals surface area (Å²) in [5, 5.41) is 2.93. The van der Waals surface area contributed by atoms with Crippen molar-refractivity contribution >= 4 is 28.9 Å². The third kappa shape index (κ3) is 4.37. The summed E-state index contributed by atoms with van der Waals surface area (Å²) in [5.74, 6) is -0.830. The predicted molar refractivity (Wildman–Crippen MR) is 59.3 cm³/mol. The number of thiocarbonyl (C=S) groups is 1. The first-order valence-corrected chi connectivity index (χ1v) is 4.43. The van der Waals surface area contributed by atoms with E-state index in [9.17, 15) is 9.18 Å². The van der Waals surface area contributed by atoms with Gasteiger partial charge in [0.15, 0.2) is 5.11 Å². The number of rotatable bonds is 1. The summed E-state index contributed by atoms with van der Waals surface area (Å²) in [4.78, 5) is 10.4. The number of hydrogen-bond donors (Lipinski definition) is 3. The van der Waals surface area contributed by atoms with Crippen LogP contribution in [0, 0.1) is 12.7 Å². The van der Waals surface area contributed by atoms with Crippen LogP contribution in [0.3, 0.4) is 0 Å². The fraction of sp³-hybridized carbons (Fsp3) is 0. The molecule has 1 amide bonds. The summed E-state index contributed by atoms with van der Waals surface area (Å²) < 4.78 is 12.5. The molecule has 0 heterocycles. The van der Waals surface area contributed by atoms with Crippen molar-refractivity contribution < 1.29 is 9.18 Å². The molecule has 0 saturated heterocycles. The van der Waals surface area contributed by atoms with Gasteiger partial charge in [0.05, 0.1) is 0 Å². The molecule has 79 valence electrons. The second-order valence-corrected chi connectivity index (χ2v) is 3.04. The van der Waals surface area contributed by atoms with E-state index in [1.54, 1.807) is 0 Å². The van der Waals surface area contributed by atoms with E-state index in [-0.39, 0.29) is 10.9 Å². The maximum atomic E-state index is 12.5. The van der Waals surface area contributed by atoms with Crippen LogP contribution in [0.4, 0.5) is 10.1 Å². The number of halogens is 1. The first kappa shape index (κ1) is 11.4. The molecule has 0 unspecified atom stereocenters. The van der Waals surface area contributed by atoms with Gasteiger partial charge in [-0.05, 0) is 36.5 Å². The van der Waals surface area contributed by atoms with Crippen molar-refractivity contribution in [3.8, 4) is 0 Å². The average Bonchev–Trinajstić information content (AvgIpc) is 2.19. The van der Waals surface area contributed by atoms with E-state index < -0.39 is 5.91 Å². The lowest BCUT2D eigenvalue weighted by atomic mass is 10.3. The fourth-order valence-electron chi connectivity index (χ4n) is 0.822. The Morgan fingerprint density at radius 1 is 1.27 bits per heavy atom. The number of carbonyl (C=O) groups excluding carboxylic acids is 1. The minimum atomic E-state index is -0.502. The quantitative estimate of drug-likeness (QED) is 0.493. The van der Waals surface area contributed by atoms with E-state index in [1.165, 1.54) is 24.3 Å². The molecule has 15 heavy (non-hydrogen) atoms. The van der Waals surface area contributed by atoms with Gasteiger partial charge < -0.3 is 5.32 Å². The van der Waals surface area contributed by atoms with Crippen molar-refractivity contribution in [3.63, 3.8) is 0 Å². The van der Waals surface area contributed by atoms with Gasteiger partial charge in [-0.1, -0.05) is 0 Å². The SMILES string of the molecule is [CH2]C(=O)NNC(=S)Nc1ccc(F)cc1. The van der Waals surface area contributed by atoms with Crippen LogP contribution in [0.25, 0.3) is 0 Å². The molecule has 0 fully saturated rings. The van der Waals surface area contributed by atoms with E-state index in [1.807, 2.05) is 0 Å². The first-order valence-electron chi connectivity index (χ1n) is 4.02. The van der Waals surface area contributed by atoms with Crippen LogP contribution in [0.5, 0.6) is 0 Å². The summed E-state index contributed by atoms with van der Waals surface area (Å²) in [7, 11) is 0. The molecular weight excluding hydrogens is 217 g/mol. The number of anilines is 1. The topological polar surface area (TPSA) is 53.2 Å². The molecule has 4 nitrogen and oxygen atoms in total. The largest absolute Gasteiger partial charge is 0.331 e. The highest BCUT2D eigenvalue weighted by Crippen LogP contribution is 2.07. The second kappa shape index (κ2) is 5.26. The van der Waals surface area contributed by atoms with Gasteiger partial charge in [0.2, 0.25) is 5.91 Å². The maximum absolute atomic E-state index is 12.5. The van der Waals surface area contributed by atoms with Crippen LogP contribution in [0.15, 0.2) is 24.3 Å². The number of hydrogen-bond acceptors (Lipinski definition) is 2. The standard InChI is InChI=1S/C9H9FN3OS/c1-6(14)12-13-9(15)11-8-4-2-7(10)3-5-8/h2-5H,1H2,(H,12,14)(H2,11,13,15). The van der Waals surface area contributed by atoms with E-state index in [4.69, 9.17) is 12.2 Å². The van der Waals surface area contributed by atoms with Crippen molar-refractivity contribution in [2.45, 2.75) is 0 Å². The minimum Gasteiger partial charge on any atom is -0.331 e. The number of carbonyl (C=O) groups is 1. The molecule has 1 rings (SSSR count). The van der Waals surface area contributed by atoms with Crippen LogP contribution in [-0.2, 0) is 4.79 Å². The summed E-state index contributed by atoms with van der Waals surface area (Å²) >= 11 is 4.83. The Hall–Kier alpha value is -1.69. The van der Waals surface area contributed by atoms with Crippen molar-refractivity contribution in [2.24, 2.45) is 0 Å². The van der Waals surface area contributed by atoms with Gasteiger partial charge in [-0.3, -0.25) is 15.6 Å². The van der Waals surface area contributed by atoms with Gasteiger partial charge in [-0.25, -0.2) is 4.39 Å². The highest BCUT2D eigenvalue weighted by Gasteiger charge is 1.97. The Morgan fingerprint density at radius 2 is 1.87 bits per heavy atom. The molecule has 6 heteroatoms. The number of benzene rings is 1. The van der Waals surface area contributed by atoms with Gasteiger partial charge in [0.1, 0.15) is 5.82 Å². The Bertz CT molecular complexity index is 366. The zero-order chi connectivity index (χ0) is 11.3. The predicted octanol–water partition coefficient (Wildman–Crippen LogP) is 0.977. The monoisotopic (exact) mass is 226 g/mol. The van der Waals surface area contributed by atoms with Crippen LogP contribution in [0.1, 0.15) is 0 Å². The Morgan fingerprint density at radius 3 is 2.40 bits per heavy atom. The number of hydrazine groups is 1. The molecule has 0 aliphatic heterocycles. The van der Waals surface area contributed by atoms with Crippen LogP contribution < -0.4 is 16.2 Å². The van der Waals surface area contributed by atoms with Crippen molar-refractivity contribution in [1.82, 2.24) is 10.9 Å².